The van der Waals surface area contributed by atoms with Crippen LogP contribution < -0.4 is 0 Å². The smallest absolute Gasteiger partial charge is 0.450 e. The number of rotatable bonds is 2. The summed E-state index contributed by atoms with van der Waals surface area (Å²) >= 11 is 0. The van der Waals surface area contributed by atoms with Gasteiger partial charge in [0.15, 0.2) is 0 Å². The number of ether oxygens (including phenoxy) is 1. The lowest BCUT2D eigenvalue weighted by atomic mass is 10.4. The molecule has 0 aliphatic heterocycles. The highest BCUT2D eigenvalue weighted by atomic mass is 16.5. The van der Waals surface area contributed by atoms with E-state index in [4.69, 9.17) is 14.9 Å². The Hall–Kier alpha value is -1.50. The van der Waals surface area contributed by atoms with Gasteiger partial charge in [-0.05, 0) is 27.7 Å². The number of nitrogens with zero attached hydrogens (tertiary/aromatic N) is 2. The molecule has 0 aliphatic rings. The van der Waals surface area contributed by atoms with E-state index < -0.39 is 12.2 Å². The van der Waals surface area contributed by atoms with Crippen LogP contribution in [0.25, 0.3) is 0 Å². The molecule has 0 bridgehead atoms. The van der Waals surface area contributed by atoms with Crippen LogP contribution in [-0.4, -0.2) is 34.6 Å². The van der Waals surface area contributed by atoms with Gasteiger partial charge in [0.1, 0.15) is 0 Å². The topological polar surface area (TPSA) is 109 Å². The molecule has 88 valence electrons. The summed E-state index contributed by atoms with van der Waals surface area (Å²) < 4.78 is 5.25. The van der Waals surface area contributed by atoms with Crippen molar-refractivity contribution in [2.75, 3.05) is 0 Å². The Bertz CT molecular complexity index is 203. The first kappa shape index (κ1) is 15.9. The second-order valence-corrected chi connectivity index (χ2v) is 3.00. The van der Waals surface area contributed by atoms with E-state index in [1.54, 1.807) is 0 Å². The lowest BCUT2D eigenvalue weighted by Crippen LogP contribution is -2.09. The zero-order valence-corrected chi connectivity index (χ0v) is 9.17. The molecule has 0 heterocycles. The number of amides is 2. The van der Waals surface area contributed by atoms with E-state index in [0.717, 1.165) is 0 Å². The SMILES string of the molecule is CC(C)OC(C)C.O=C(O)/N=N/C(=O)O. The van der Waals surface area contributed by atoms with Gasteiger partial charge >= 0.3 is 12.2 Å². The maximum Gasteiger partial charge on any atom is 0.450 e. The number of carbonyl (C=O) groups is 2. The first-order valence-electron chi connectivity index (χ1n) is 4.28. The molecule has 0 unspecified atom stereocenters. The molecular formula is C8H16N2O5. The van der Waals surface area contributed by atoms with Gasteiger partial charge in [-0.15, -0.1) is 0 Å². The first-order chi connectivity index (χ1) is 6.75. The summed E-state index contributed by atoms with van der Waals surface area (Å²) in [5.74, 6) is 0. The van der Waals surface area contributed by atoms with E-state index in [-0.39, 0.29) is 0 Å². The summed E-state index contributed by atoms with van der Waals surface area (Å²) in [6.45, 7) is 8.17. The minimum atomic E-state index is -1.62. The molecule has 0 aromatic rings. The van der Waals surface area contributed by atoms with Gasteiger partial charge < -0.3 is 14.9 Å². The van der Waals surface area contributed by atoms with E-state index in [9.17, 15) is 9.59 Å². The lowest BCUT2D eigenvalue weighted by Gasteiger charge is -2.09. The number of hydrogen-bond acceptors (Lipinski definition) is 3. The van der Waals surface area contributed by atoms with Crippen LogP contribution in [0.3, 0.4) is 0 Å². The molecule has 15 heavy (non-hydrogen) atoms. The predicted octanol–water partition coefficient (Wildman–Crippen LogP) is 2.61. The zero-order valence-electron chi connectivity index (χ0n) is 9.17. The molecule has 7 nitrogen and oxygen atoms in total. The molecule has 0 aromatic heterocycles. The highest BCUT2D eigenvalue weighted by Gasteiger charge is 1.94. The van der Waals surface area contributed by atoms with Gasteiger partial charge in [-0.25, -0.2) is 9.59 Å². The van der Waals surface area contributed by atoms with Crippen molar-refractivity contribution in [2.24, 2.45) is 10.2 Å². The van der Waals surface area contributed by atoms with Crippen molar-refractivity contribution in [2.45, 2.75) is 39.9 Å². The summed E-state index contributed by atoms with van der Waals surface area (Å²) in [6.07, 6.45) is -2.49. The summed E-state index contributed by atoms with van der Waals surface area (Å²) in [4.78, 5) is 18.8. The van der Waals surface area contributed by atoms with E-state index in [2.05, 4.69) is 10.2 Å². The van der Waals surface area contributed by atoms with Crippen molar-refractivity contribution < 1.29 is 24.5 Å². The van der Waals surface area contributed by atoms with Gasteiger partial charge in [0, 0.05) is 0 Å². The second-order valence-electron chi connectivity index (χ2n) is 3.00. The normalized spacial score (nSPS) is 10.3. The van der Waals surface area contributed by atoms with Crippen LogP contribution >= 0.6 is 0 Å². The Kier molecular flexibility index (Phi) is 9.65. The molecule has 7 heteroatoms. The van der Waals surface area contributed by atoms with Crippen LogP contribution in [0.4, 0.5) is 9.59 Å². The van der Waals surface area contributed by atoms with Crippen molar-refractivity contribution >= 4 is 12.2 Å². The van der Waals surface area contributed by atoms with E-state index >= 15 is 0 Å². The molecule has 0 saturated carbocycles. The maximum atomic E-state index is 9.38. The van der Waals surface area contributed by atoms with Crippen molar-refractivity contribution in [3.05, 3.63) is 0 Å². The van der Waals surface area contributed by atoms with Crippen LogP contribution in [0.15, 0.2) is 10.2 Å². The molecule has 0 atom stereocenters. The monoisotopic (exact) mass is 220 g/mol. The number of carboxylic acid groups (broad SMARTS) is 2. The van der Waals surface area contributed by atoms with Crippen LogP contribution in [0.1, 0.15) is 27.7 Å². The fourth-order valence-electron chi connectivity index (χ4n) is 0.630. The van der Waals surface area contributed by atoms with Crippen molar-refractivity contribution in [1.29, 1.82) is 0 Å². The molecule has 0 spiro atoms. The quantitative estimate of drug-likeness (QED) is 0.695. The average Bonchev–Trinajstić information content (AvgIpc) is 1.99. The molecule has 2 amide bonds. The van der Waals surface area contributed by atoms with Gasteiger partial charge in [-0.2, -0.15) is 0 Å². The van der Waals surface area contributed by atoms with Crippen LogP contribution in [0.2, 0.25) is 0 Å². The average molecular weight is 220 g/mol. The summed E-state index contributed by atoms with van der Waals surface area (Å²) in [5, 5.41) is 19.8. The maximum absolute atomic E-state index is 9.38. The highest BCUT2D eigenvalue weighted by molar-refractivity contribution is 5.70. The Morgan fingerprint density at radius 1 is 0.933 bits per heavy atom. The third kappa shape index (κ3) is 24.5. The Morgan fingerprint density at radius 2 is 1.20 bits per heavy atom. The van der Waals surface area contributed by atoms with Crippen LogP contribution in [-0.2, 0) is 4.74 Å². The third-order valence-electron chi connectivity index (χ3n) is 0.765. The second kappa shape index (κ2) is 9.07. The molecule has 0 saturated heterocycles. The Balaban J connectivity index is 0. The summed E-state index contributed by atoms with van der Waals surface area (Å²) in [6, 6.07) is 0. The van der Waals surface area contributed by atoms with E-state index in [0.29, 0.717) is 12.2 Å². The van der Waals surface area contributed by atoms with Crippen LogP contribution in [0.5, 0.6) is 0 Å². The van der Waals surface area contributed by atoms with Crippen molar-refractivity contribution in [3.8, 4) is 0 Å². The fraction of sp³-hybridized carbons (Fsp3) is 0.750. The molecule has 0 aromatic carbocycles. The molecule has 0 radical (unpaired) electrons. The van der Waals surface area contributed by atoms with Gasteiger partial charge in [0.2, 0.25) is 0 Å². The van der Waals surface area contributed by atoms with Gasteiger partial charge in [-0.1, -0.05) is 10.2 Å². The summed E-state index contributed by atoms with van der Waals surface area (Å²) in [7, 11) is 0. The zero-order chi connectivity index (χ0) is 12.4. The van der Waals surface area contributed by atoms with Gasteiger partial charge in [-0.3, -0.25) is 0 Å². The van der Waals surface area contributed by atoms with Gasteiger partial charge in [0.05, 0.1) is 12.2 Å². The minimum absolute atomic E-state index is 0.375. The molecule has 0 rings (SSSR count). The lowest BCUT2D eigenvalue weighted by molar-refractivity contribution is 0.0300. The third-order valence-corrected chi connectivity index (χ3v) is 0.765. The van der Waals surface area contributed by atoms with Gasteiger partial charge in [0.25, 0.3) is 0 Å². The minimum Gasteiger partial charge on any atom is -0.462 e. The van der Waals surface area contributed by atoms with Crippen LogP contribution in [0, 0.1) is 0 Å². The Labute approximate surface area is 87.8 Å². The standard InChI is InChI=1S/C6H14O.C2H2N2O4/c1-5(2)7-6(3)4;5-1(6)3-4-2(7)8/h5-6H,1-4H3;(H,5,6)(H,7,8)/b;4-3+. The summed E-state index contributed by atoms with van der Waals surface area (Å²) in [5.41, 5.74) is 0. The van der Waals surface area contributed by atoms with Crippen molar-refractivity contribution in [1.82, 2.24) is 0 Å². The Morgan fingerprint density at radius 3 is 1.27 bits per heavy atom. The number of hydrogen-bond donors (Lipinski definition) is 2. The van der Waals surface area contributed by atoms with Crippen molar-refractivity contribution in [3.63, 3.8) is 0 Å². The molecule has 0 aliphatic carbocycles. The molecular weight excluding hydrogens is 204 g/mol. The number of azo groups is 1. The fourth-order valence-corrected chi connectivity index (χ4v) is 0.630. The first-order valence-corrected chi connectivity index (χ1v) is 4.28. The molecule has 2 N–H and O–H groups in total. The largest absolute Gasteiger partial charge is 0.462 e. The van der Waals surface area contributed by atoms with E-state index in [1.807, 2.05) is 27.7 Å². The highest BCUT2D eigenvalue weighted by Crippen LogP contribution is 1.93. The molecule has 0 fully saturated rings. The predicted molar refractivity (Wildman–Crippen MR) is 52.3 cm³/mol. The van der Waals surface area contributed by atoms with E-state index in [1.165, 1.54) is 0 Å².